The van der Waals surface area contributed by atoms with E-state index in [1.807, 2.05) is 0 Å². The summed E-state index contributed by atoms with van der Waals surface area (Å²) in [4.78, 5) is 0. The van der Waals surface area contributed by atoms with Gasteiger partial charge in [-0.1, -0.05) is 0 Å². The van der Waals surface area contributed by atoms with Crippen LogP contribution in [-0.2, 0) is 0 Å². The van der Waals surface area contributed by atoms with E-state index in [4.69, 9.17) is 9.03 Å². The van der Waals surface area contributed by atoms with Gasteiger partial charge in [-0.2, -0.15) is 0 Å². The zero-order valence-corrected chi connectivity index (χ0v) is 13.9. The van der Waals surface area contributed by atoms with Crippen molar-refractivity contribution in [1.82, 2.24) is 0 Å². The Balaban J connectivity index is 5.42. The predicted molar refractivity (Wildman–Crippen MR) is 78.9 cm³/mol. The van der Waals surface area contributed by atoms with Crippen molar-refractivity contribution < 1.29 is 0 Å². The van der Waals surface area contributed by atoms with E-state index >= 15 is 0 Å². The van der Waals surface area contributed by atoms with Crippen LogP contribution in [0.2, 0.25) is 0 Å². The minimum atomic E-state index is -1.75. The second kappa shape index (κ2) is 3.73. The van der Waals surface area contributed by atoms with Crippen molar-refractivity contribution in [2.45, 2.75) is 0 Å². The van der Waals surface area contributed by atoms with E-state index in [-0.39, 0.29) is 0 Å². The number of hydrogen-bond donors (Lipinski definition) is 0. The number of hydrogen-bond acceptors (Lipinski definition) is 1. The van der Waals surface area contributed by atoms with Crippen LogP contribution in [-0.4, -0.2) is 60.0 Å². The number of rotatable bonds is 2. The van der Waals surface area contributed by atoms with Gasteiger partial charge >= 0.3 is 90.0 Å². The average Bonchev–Trinajstić information content (AvgIpc) is 1.40. The van der Waals surface area contributed by atoms with Gasteiger partial charge in [0.25, 0.3) is 0 Å². The van der Waals surface area contributed by atoms with Crippen LogP contribution in [0.4, 0.5) is 0 Å². The van der Waals surface area contributed by atoms with Crippen LogP contribution in [0.25, 0.3) is 0 Å². The van der Waals surface area contributed by atoms with Crippen molar-refractivity contribution in [2.75, 3.05) is 60.0 Å². The van der Waals surface area contributed by atoms with Crippen molar-refractivity contribution in [1.29, 1.82) is 0 Å². The predicted octanol–water partition coefficient (Wildman–Crippen LogP) is 4.44. The van der Waals surface area contributed by atoms with Crippen molar-refractivity contribution in [2.24, 2.45) is 9.03 Å². The summed E-state index contributed by atoms with van der Waals surface area (Å²) in [6.07, 6.45) is 0. The quantitative estimate of drug-likeness (QED) is 0.652. The molecule has 0 saturated carbocycles. The third kappa shape index (κ3) is 9.45. The molecule has 0 heterocycles. The van der Waals surface area contributed by atoms with Gasteiger partial charge in [0.05, 0.1) is 0 Å². The van der Waals surface area contributed by atoms with Gasteiger partial charge < -0.3 is 0 Å². The van der Waals surface area contributed by atoms with Crippen molar-refractivity contribution in [3.63, 3.8) is 0 Å². The first-order valence-electron chi connectivity index (χ1n) is 4.82. The maximum atomic E-state index is 5.06. The summed E-state index contributed by atoms with van der Waals surface area (Å²) < 4.78 is 10.0. The van der Waals surface area contributed by atoms with E-state index in [1.54, 1.807) is 0 Å². The van der Waals surface area contributed by atoms with Gasteiger partial charge in [-0.05, 0) is 0 Å². The molecule has 0 aromatic rings. The minimum absolute atomic E-state index is 1.05. The molecule has 5 heteroatoms. The second-order valence-corrected chi connectivity index (χ2v) is 21.9. The molecule has 0 aliphatic heterocycles. The van der Waals surface area contributed by atoms with Crippen LogP contribution < -0.4 is 0 Å². The van der Waals surface area contributed by atoms with Crippen LogP contribution in [0.5, 0.6) is 0 Å². The van der Waals surface area contributed by atoms with Crippen LogP contribution in [0.15, 0.2) is 9.03 Å². The molecule has 0 spiro atoms. The van der Waals surface area contributed by atoms with Gasteiger partial charge in [0.2, 0.25) is 0 Å². The summed E-state index contributed by atoms with van der Waals surface area (Å²) in [5, 5.41) is 0. The Labute approximate surface area is 90.4 Å². The van der Waals surface area contributed by atoms with Gasteiger partial charge in [-0.15, -0.1) is 0 Å². The van der Waals surface area contributed by atoms with Crippen LogP contribution >= 0.6 is 21.0 Å². The maximum absolute atomic E-state index is 5.06. The van der Waals surface area contributed by atoms with Gasteiger partial charge in [0, 0.05) is 0 Å². The first-order valence-corrected chi connectivity index (χ1v) is 14.5. The van der Waals surface area contributed by atoms with E-state index in [0.29, 0.717) is 0 Å². The number of nitrogens with zero attached hydrogens (tertiary/aromatic N) is 2. The van der Waals surface area contributed by atoms with E-state index in [1.165, 1.54) is 0 Å². The molecule has 0 amide bonds. The zero-order valence-electron chi connectivity index (χ0n) is 11.2. The molecule has 0 aliphatic carbocycles. The molecule has 0 N–H and O–H groups in total. The Kier molecular flexibility index (Phi) is 3.96. The van der Waals surface area contributed by atoms with Crippen molar-refractivity contribution >= 4 is 21.0 Å². The molecule has 0 aromatic heterocycles. The Morgan fingerprint density at radius 2 is 1.14 bits per heavy atom. The molecule has 0 radical (unpaired) electrons. The third-order valence-electron chi connectivity index (χ3n) is 1.06. The summed E-state index contributed by atoms with van der Waals surface area (Å²) >= 11 is 0. The van der Waals surface area contributed by atoms with E-state index in [0.717, 1.165) is 0 Å². The van der Waals surface area contributed by atoms with Gasteiger partial charge in [0.15, 0.2) is 0 Å². The van der Waals surface area contributed by atoms with E-state index in [9.17, 15) is 0 Å². The standard InChI is InChI=1S/C9H27N2P3/c1-12(2,3)10-13(4,5)11-14(6,7,8)9/h1-9H3. The summed E-state index contributed by atoms with van der Waals surface area (Å²) in [6.45, 7) is 18.7. The molecule has 0 bridgehead atoms. The second-order valence-electron chi connectivity index (χ2n) is 6.94. The van der Waals surface area contributed by atoms with Crippen molar-refractivity contribution in [3.05, 3.63) is 0 Å². The van der Waals surface area contributed by atoms with Gasteiger partial charge in [-0.3, -0.25) is 0 Å². The first-order chi connectivity index (χ1) is 5.67. The fraction of sp³-hybridized carbons (Fsp3) is 1.00. The van der Waals surface area contributed by atoms with Crippen LogP contribution in [0.3, 0.4) is 0 Å². The summed E-state index contributed by atoms with van der Waals surface area (Å²) in [5.41, 5.74) is 0. The van der Waals surface area contributed by atoms with Crippen molar-refractivity contribution in [3.8, 4) is 0 Å². The van der Waals surface area contributed by atoms with E-state index < -0.39 is 21.0 Å². The van der Waals surface area contributed by atoms with Gasteiger partial charge in [-0.25, -0.2) is 0 Å². The fourth-order valence-corrected chi connectivity index (χ4v) is 14.3. The van der Waals surface area contributed by atoms with Crippen LogP contribution in [0.1, 0.15) is 0 Å². The first kappa shape index (κ1) is 14.9. The molecule has 88 valence electrons. The molecule has 0 rings (SSSR count). The average molecular weight is 256 g/mol. The molecule has 0 aliphatic rings. The topological polar surface area (TPSA) is 24.7 Å². The molecular formula is C9H27N2P3. The molecule has 2 nitrogen and oxygen atoms in total. The van der Waals surface area contributed by atoms with E-state index in [2.05, 4.69) is 60.0 Å². The summed E-state index contributed by atoms with van der Waals surface area (Å²) in [7, 11) is -2.45. The SMILES string of the molecule is CP(C)(C)=NP(C)(C)=NP(C)(C)(C)C. The monoisotopic (exact) mass is 256 g/mol. The third-order valence-corrected chi connectivity index (χ3v) is 9.57. The Hall–Kier alpha value is 0.890. The Morgan fingerprint density at radius 1 is 0.786 bits per heavy atom. The molecule has 0 saturated heterocycles. The molecule has 0 unspecified atom stereocenters. The molecule has 0 aromatic carbocycles. The molecule has 0 atom stereocenters. The normalized spacial score (nSPS) is 17.1. The van der Waals surface area contributed by atoms with Gasteiger partial charge in [0.1, 0.15) is 0 Å². The summed E-state index contributed by atoms with van der Waals surface area (Å²) in [5.74, 6) is 0. The molecule has 0 fully saturated rings. The van der Waals surface area contributed by atoms with Crippen LogP contribution in [0, 0.1) is 0 Å². The zero-order chi connectivity index (χ0) is 11.9. The summed E-state index contributed by atoms with van der Waals surface area (Å²) in [6, 6.07) is 0. The molecular weight excluding hydrogens is 229 g/mol. The Bertz CT molecular complexity index is 304. The molecule has 14 heavy (non-hydrogen) atoms. The fourth-order valence-electron chi connectivity index (χ4n) is 1.55. The Morgan fingerprint density at radius 3 is 1.36 bits per heavy atom.